The number of amides is 1. The second kappa shape index (κ2) is 7.99. The van der Waals surface area contributed by atoms with Gasteiger partial charge in [-0.2, -0.15) is 17.9 Å². The van der Waals surface area contributed by atoms with Crippen molar-refractivity contribution < 1.29 is 35.9 Å². The van der Waals surface area contributed by atoms with Gasteiger partial charge in [0.25, 0.3) is 15.9 Å². The average molecular weight is 532 g/mol. The molecule has 1 aromatic heterocycles. The fourth-order valence-electron chi connectivity index (χ4n) is 4.36. The highest BCUT2D eigenvalue weighted by Gasteiger charge is 2.72. The number of hydrogen-bond donors (Lipinski definition) is 2. The molecule has 1 unspecified atom stereocenters. The third kappa shape index (κ3) is 3.87. The molecule has 0 fully saturated rings. The predicted molar refractivity (Wildman–Crippen MR) is 119 cm³/mol. The molecule has 35 heavy (non-hydrogen) atoms. The number of carbonyl (C=O) groups excluding carboxylic acids is 2. The molecular formula is C20H20F3N5O5S2. The van der Waals surface area contributed by atoms with Crippen molar-refractivity contribution in [2.45, 2.75) is 42.7 Å². The van der Waals surface area contributed by atoms with Crippen LogP contribution in [0.2, 0.25) is 0 Å². The number of anilines is 2. The molecule has 10 nitrogen and oxygen atoms in total. The lowest BCUT2D eigenvalue weighted by Gasteiger charge is -2.35. The number of nitrogens with two attached hydrogens (primary N) is 1. The van der Waals surface area contributed by atoms with Crippen LogP contribution in [0, 0.1) is 5.41 Å². The summed E-state index contributed by atoms with van der Waals surface area (Å²) in [7, 11) is -3.82. The first-order valence-corrected chi connectivity index (χ1v) is 12.4. The number of aromatic nitrogens is 2. The molecule has 2 heterocycles. The number of sulfonamides is 1. The number of alkyl halides is 3. The summed E-state index contributed by atoms with van der Waals surface area (Å²) in [5.41, 5.74) is -0.588. The number of allylic oxidation sites excluding steroid dienone is 1. The maximum Gasteiger partial charge on any atom is 0.421 e. The summed E-state index contributed by atoms with van der Waals surface area (Å²) in [4.78, 5) is 27.7. The van der Waals surface area contributed by atoms with Crippen molar-refractivity contribution in [3.63, 3.8) is 0 Å². The van der Waals surface area contributed by atoms with E-state index in [2.05, 4.69) is 10.2 Å². The number of benzene rings is 1. The van der Waals surface area contributed by atoms with E-state index in [9.17, 15) is 31.2 Å². The zero-order valence-corrected chi connectivity index (χ0v) is 20.3. The Hall–Kier alpha value is -3.04. The predicted octanol–water partition coefficient (Wildman–Crippen LogP) is 2.40. The zero-order chi connectivity index (χ0) is 26.0. The number of carbonyl (C=O) groups is 2. The number of nitrogen functional groups attached to an aromatic ring is 1. The molecule has 0 radical (unpaired) electrons. The van der Waals surface area contributed by atoms with Crippen LogP contribution in [0.3, 0.4) is 0 Å². The van der Waals surface area contributed by atoms with E-state index in [-0.39, 0.29) is 35.1 Å². The van der Waals surface area contributed by atoms with E-state index >= 15 is 0 Å². The molecule has 1 aliphatic carbocycles. The molecular weight excluding hydrogens is 511 g/mol. The van der Waals surface area contributed by atoms with E-state index in [4.69, 9.17) is 10.5 Å². The Bertz CT molecular complexity index is 1370. The maximum atomic E-state index is 14.9. The van der Waals surface area contributed by atoms with Crippen molar-refractivity contribution in [3.8, 4) is 5.75 Å². The van der Waals surface area contributed by atoms with Gasteiger partial charge < -0.3 is 10.5 Å². The van der Waals surface area contributed by atoms with Gasteiger partial charge in [0.15, 0.2) is 5.78 Å². The normalized spacial score (nSPS) is 22.5. The SMILES string of the molecule is COc1ccccc1N1C(=O)C(NS(=O)(=O)c2nnc(N)s2)(C(F)(F)F)C2=C1CC(C)(C)CC2=O. The Kier molecular flexibility index (Phi) is 5.72. The molecule has 15 heteroatoms. The van der Waals surface area contributed by atoms with Gasteiger partial charge in [-0.1, -0.05) is 37.3 Å². The van der Waals surface area contributed by atoms with Crippen molar-refractivity contribution in [1.82, 2.24) is 14.9 Å². The van der Waals surface area contributed by atoms with Crippen molar-refractivity contribution in [2.75, 3.05) is 17.7 Å². The first-order chi connectivity index (χ1) is 16.1. The molecule has 188 valence electrons. The fourth-order valence-corrected chi connectivity index (χ4v) is 6.47. The van der Waals surface area contributed by atoms with Crippen LogP contribution >= 0.6 is 11.3 Å². The summed E-state index contributed by atoms with van der Waals surface area (Å²) in [5.74, 6) is -2.65. The number of ketones is 1. The molecule has 1 atom stereocenters. The Balaban J connectivity index is 2.02. The van der Waals surface area contributed by atoms with Crippen molar-refractivity contribution in [3.05, 3.63) is 35.5 Å². The molecule has 0 spiro atoms. The van der Waals surface area contributed by atoms with E-state index in [1.807, 2.05) is 0 Å². The van der Waals surface area contributed by atoms with Gasteiger partial charge in [0.2, 0.25) is 15.0 Å². The molecule has 2 aromatic rings. The summed E-state index contributed by atoms with van der Waals surface area (Å²) in [6.45, 7) is 3.34. The highest BCUT2D eigenvalue weighted by atomic mass is 32.2. The monoisotopic (exact) mass is 531 g/mol. The smallest absolute Gasteiger partial charge is 0.421 e. The van der Waals surface area contributed by atoms with Gasteiger partial charge in [0.05, 0.1) is 18.4 Å². The third-order valence-electron chi connectivity index (χ3n) is 5.71. The molecule has 0 bridgehead atoms. The van der Waals surface area contributed by atoms with Crippen LogP contribution in [0.15, 0.2) is 39.9 Å². The Morgan fingerprint density at radius 2 is 1.83 bits per heavy atom. The van der Waals surface area contributed by atoms with E-state index in [0.717, 1.165) is 4.90 Å². The van der Waals surface area contributed by atoms with Crippen LogP contribution in [0.25, 0.3) is 0 Å². The quantitative estimate of drug-likeness (QED) is 0.599. The second-order valence-corrected chi connectivity index (χ2v) is 11.7. The van der Waals surface area contributed by atoms with Gasteiger partial charge in [-0.3, -0.25) is 14.5 Å². The lowest BCUT2D eigenvalue weighted by molar-refractivity contribution is -0.184. The van der Waals surface area contributed by atoms with Gasteiger partial charge in [-0.15, -0.1) is 10.2 Å². The van der Waals surface area contributed by atoms with Gasteiger partial charge in [0.1, 0.15) is 5.75 Å². The van der Waals surface area contributed by atoms with Crippen LogP contribution in [-0.2, 0) is 19.6 Å². The minimum absolute atomic E-state index is 0.0567. The molecule has 0 saturated heterocycles. The molecule has 0 saturated carbocycles. The van der Waals surface area contributed by atoms with Crippen LogP contribution in [-0.4, -0.2) is 49.1 Å². The molecule has 2 aliphatic rings. The van der Waals surface area contributed by atoms with Crippen LogP contribution in [0.5, 0.6) is 5.75 Å². The first-order valence-electron chi connectivity index (χ1n) is 10.1. The number of rotatable bonds is 5. The van der Waals surface area contributed by atoms with Crippen LogP contribution in [0.1, 0.15) is 26.7 Å². The number of para-hydroxylation sites is 2. The minimum atomic E-state index is -5.54. The highest BCUT2D eigenvalue weighted by Crippen LogP contribution is 2.54. The summed E-state index contributed by atoms with van der Waals surface area (Å²) in [5, 5.41) is 6.31. The molecule has 1 aliphatic heterocycles. The average Bonchev–Trinajstić information content (AvgIpc) is 3.27. The van der Waals surface area contributed by atoms with Crippen molar-refractivity contribution in [2.24, 2.45) is 5.41 Å². The third-order valence-corrected chi connectivity index (χ3v) is 8.28. The Morgan fingerprint density at radius 1 is 1.17 bits per heavy atom. The lowest BCUT2D eigenvalue weighted by atomic mass is 9.72. The second-order valence-electron chi connectivity index (χ2n) is 8.83. The number of nitrogens with one attached hydrogen (secondary N) is 1. The Labute approximate surface area is 202 Å². The standard InChI is InChI=1S/C20H20F3N5O5S2/c1-18(2)8-11-14(12(29)9-18)19(20(21,22)23,27-35(31,32)17-26-25-16(24)34-17)15(30)28(11)10-6-4-5-7-13(10)33-3/h4-7,27H,8-9H2,1-3H3,(H2,24,25). The summed E-state index contributed by atoms with van der Waals surface area (Å²) in [6, 6.07) is 5.80. The van der Waals surface area contributed by atoms with E-state index in [1.165, 1.54) is 30.0 Å². The number of hydrogen-bond acceptors (Lipinski definition) is 9. The maximum absolute atomic E-state index is 14.9. The minimum Gasteiger partial charge on any atom is -0.495 e. The van der Waals surface area contributed by atoms with Gasteiger partial charge in [0, 0.05) is 12.1 Å². The number of nitrogens with zero attached hydrogens (tertiary/aromatic N) is 3. The summed E-state index contributed by atoms with van der Waals surface area (Å²) in [6.07, 6.45) is -5.98. The first kappa shape index (κ1) is 25.1. The van der Waals surface area contributed by atoms with Crippen LogP contribution < -0.4 is 20.1 Å². The summed E-state index contributed by atoms with van der Waals surface area (Å²) < 4.78 is 76.4. The fraction of sp³-hybridized carbons (Fsp3) is 0.400. The van der Waals surface area contributed by atoms with E-state index in [1.54, 1.807) is 19.9 Å². The van der Waals surface area contributed by atoms with Gasteiger partial charge in [-0.05, 0) is 24.0 Å². The van der Waals surface area contributed by atoms with E-state index in [0.29, 0.717) is 11.3 Å². The number of Topliss-reactive ketones (excluding diaryl/α,β-unsaturated/α-hetero) is 1. The summed E-state index contributed by atoms with van der Waals surface area (Å²) >= 11 is 0.314. The number of halogens is 3. The molecule has 3 N–H and O–H groups in total. The van der Waals surface area contributed by atoms with Crippen LogP contribution in [0.4, 0.5) is 24.0 Å². The molecule has 1 aromatic carbocycles. The Morgan fingerprint density at radius 3 is 2.40 bits per heavy atom. The number of methoxy groups -OCH3 is 1. The largest absolute Gasteiger partial charge is 0.495 e. The van der Waals surface area contributed by atoms with Gasteiger partial charge in [-0.25, -0.2) is 8.42 Å². The van der Waals surface area contributed by atoms with Crippen molar-refractivity contribution in [1.29, 1.82) is 0 Å². The lowest BCUT2D eigenvalue weighted by Crippen LogP contribution is -2.66. The highest BCUT2D eigenvalue weighted by molar-refractivity contribution is 7.91. The number of ether oxygens (including phenoxy) is 1. The van der Waals surface area contributed by atoms with E-state index < -0.39 is 48.8 Å². The topological polar surface area (TPSA) is 145 Å². The molecule has 1 amide bonds. The zero-order valence-electron chi connectivity index (χ0n) is 18.6. The van der Waals surface area contributed by atoms with Crippen molar-refractivity contribution >= 4 is 43.9 Å². The van der Waals surface area contributed by atoms with Gasteiger partial charge >= 0.3 is 6.18 Å². The molecule has 4 rings (SSSR count).